The van der Waals surface area contributed by atoms with Gasteiger partial charge in [0.2, 0.25) is 0 Å². The Morgan fingerprint density at radius 3 is 2.29 bits per heavy atom. The van der Waals surface area contributed by atoms with Crippen LogP contribution in [0.15, 0.2) is 30.3 Å². The summed E-state index contributed by atoms with van der Waals surface area (Å²) in [7, 11) is 0. The van der Waals surface area contributed by atoms with Crippen molar-refractivity contribution in [2.45, 2.75) is 56.7 Å². The van der Waals surface area contributed by atoms with Crippen molar-refractivity contribution in [2.75, 3.05) is 6.61 Å². The molecule has 1 aromatic carbocycles. The highest BCUT2D eigenvalue weighted by Crippen LogP contribution is 2.51. The average Bonchev–Trinajstić information content (AvgIpc) is 2.61. The van der Waals surface area contributed by atoms with Gasteiger partial charge >= 0.3 is 6.18 Å². The molecule has 2 fully saturated rings. The second-order valence-electron chi connectivity index (χ2n) is 6.89. The lowest BCUT2D eigenvalue weighted by atomic mass is 9.68. The number of rotatable bonds is 3. The zero-order valence-electron chi connectivity index (χ0n) is 13.6. The van der Waals surface area contributed by atoms with Crippen molar-refractivity contribution >= 4 is 5.78 Å². The van der Waals surface area contributed by atoms with E-state index in [0.29, 0.717) is 24.8 Å². The molecule has 0 amide bonds. The van der Waals surface area contributed by atoms with Crippen molar-refractivity contribution in [2.24, 2.45) is 11.8 Å². The molecule has 0 radical (unpaired) electrons. The third kappa shape index (κ3) is 3.10. The van der Waals surface area contributed by atoms with Crippen LogP contribution >= 0.6 is 0 Å². The van der Waals surface area contributed by atoms with Crippen LogP contribution in [0.3, 0.4) is 0 Å². The molecule has 0 spiro atoms. The Bertz CT molecular complexity index is 564. The molecule has 24 heavy (non-hydrogen) atoms. The fourth-order valence-corrected chi connectivity index (χ4v) is 4.24. The van der Waals surface area contributed by atoms with Gasteiger partial charge in [0.05, 0.1) is 5.92 Å². The van der Waals surface area contributed by atoms with Gasteiger partial charge in [-0.25, -0.2) is 0 Å². The van der Waals surface area contributed by atoms with Gasteiger partial charge < -0.3 is 4.74 Å². The van der Waals surface area contributed by atoms with Gasteiger partial charge in [0.15, 0.2) is 11.4 Å². The van der Waals surface area contributed by atoms with Crippen LogP contribution < -0.4 is 0 Å². The van der Waals surface area contributed by atoms with Crippen LogP contribution in [-0.2, 0) is 15.1 Å². The Kier molecular flexibility index (Phi) is 5.00. The van der Waals surface area contributed by atoms with E-state index in [4.69, 9.17) is 4.74 Å². The predicted octanol–water partition coefficient (Wildman–Crippen LogP) is 5.02. The molecule has 1 saturated carbocycles. The molecular weight excluding hydrogens is 317 g/mol. The Morgan fingerprint density at radius 1 is 1.00 bits per heavy atom. The van der Waals surface area contributed by atoms with Crippen LogP contribution in [0.25, 0.3) is 0 Å². The molecule has 0 N–H and O–H groups in total. The van der Waals surface area contributed by atoms with Gasteiger partial charge in [-0.05, 0) is 31.2 Å². The molecule has 2 nitrogen and oxygen atoms in total. The van der Waals surface area contributed by atoms with Crippen molar-refractivity contribution in [1.82, 2.24) is 0 Å². The summed E-state index contributed by atoms with van der Waals surface area (Å²) in [5.41, 5.74) is -1.53. The minimum absolute atomic E-state index is 0.0587. The topological polar surface area (TPSA) is 26.3 Å². The van der Waals surface area contributed by atoms with Crippen LogP contribution in [0.2, 0.25) is 0 Å². The van der Waals surface area contributed by atoms with Crippen molar-refractivity contribution in [3.05, 3.63) is 35.9 Å². The Hall–Kier alpha value is -1.36. The maximum Gasteiger partial charge on any atom is 0.395 e. The van der Waals surface area contributed by atoms with Crippen molar-refractivity contribution < 1.29 is 22.7 Å². The van der Waals surface area contributed by atoms with Gasteiger partial charge in [-0.15, -0.1) is 0 Å². The summed E-state index contributed by atoms with van der Waals surface area (Å²) in [4.78, 5) is 13.3. The SMILES string of the molecule is O=C(C1CCCCC1)[C@]1(c2ccccc2)OCCC[C@@H]1C(F)(F)F. The van der Waals surface area contributed by atoms with Gasteiger partial charge in [-0.1, -0.05) is 49.6 Å². The molecule has 1 aromatic rings. The van der Waals surface area contributed by atoms with E-state index in [1.165, 1.54) is 0 Å². The Labute approximate surface area is 140 Å². The lowest BCUT2D eigenvalue weighted by Crippen LogP contribution is -2.55. The first kappa shape index (κ1) is 17.5. The predicted molar refractivity (Wildman–Crippen MR) is 84.4 cm³/mol. The van der Waals surface area contributed by atoms with Gasteiger partial charge in [-0.3, -0.25) is 4.79 Å². The molecule has 2 aliphatic rings. The number of halogens is 3. The van der Waals surface area contributed by atoms with E-state index in [1.54, 1.807) is 30.3 Å². The molecule has 2 atom stereocenters. The molecule has 1 saturated heterocycles. The van der Waals surface area contributed by atoms with E-state index in [1.807, 2.05) is 0 Å². The molecule has 3 rings (SSSR count). The molecule has 5 heteroatoms. The van der Waals surface area contributed by atoms with Crippen LogP contribution in [0.4, 0.5) is 13.2 Å². The zero-order valence-corrected chi connectivity index (χ0v) is 13.6. The monoisotopic (exact) mass is 340 g/mol. The highest BCUT2D eigenvalue weighted by molar-refractivity contribution is 5.91. The number of ketones is 1. The molecule has 0 unspecified atom stereocenters. The van der Waals surface area contributed by atoms with Gasteiger partial charge in [0, 0.05) is 12.5 Å². The van der Waals surface area contributed by atoms with E-state index in [-0.39, 0.29) is 24.7 Å². The number of hydrogen-bond acceptors (Lipinski definition) is 2. The summed E-state index contributed by atoms with van der Waals surface area (Å²) in [5.74, 6) is -2.46. The van der Waals surface area contributed by atoms with E-state index < -0.39 is 17.7 Å². The number of benzene rings is 1. The summed E-state index contributed by atoms with van der Waals surface area (Å²) >= 11 is 0. The molecule has 0 bridgehead atoms. The van der Waals surface area contributed by atoms with Crippen molar-refractivity contribution in [3.63, 3.8) is 0 Å². The lowest BCUT2D eigenvalue weighted by molar-refractivity contribution is -0.256. The maximum atomic E-state index is 13.8. The van der Waals surface area contributed by atoms with Crippen LogP contribution in [0, 0.1) is 11.8 Å². The van der Waals surface area contributed by atoms with Gasteiger partial charge in [0.25, 0.3) is 0 Å². The zero-order chi connectivity index (χ0) is 17.2. The van der Waals surface area contributed by atoms with E-state index in [2.05, 4.69) is 0 Å². The first-order valence-electron chi connectivity index (χ1n) is 8.77. The first-order valence-corrected chi connectivity index (χ1v) is 8.77. The number of carbonyl (C=O) groups excluding carboxylic acids is 1. The normalized spacial score (nSPS) is 29.4. The van der Waals surface area contributed by atoms with Crippen LogP contribution in [0.5, 0.6) is 0 Å². The lowest BCUT2D eigenvalue weighted by Gasteiger charge is -2.45. The van der Waals surface area contributed by atoms with Crippen LogP contribution in [-0.4, -0.2) is 18.6 Å². The van der Waals surface area contributed by atoms with E-state index >= 15 is 0 Å². The van der Waals surface area contributed by atoms with Crippen molar-refractivity contribution in [1.29, 1.82) is 0 Å². The third-order valence-corrected chi connectivity index (χ3v) is 5.40. The number of alkyl halides is 3. The van der Waals surface area contributed by atoms with Crippen LogP contribution in [0.1, 0.15) is 50.5 Å². The second-order valence-corrected chi connectivity index (χ2v) is 6.89. The fraction of sp³-hybridized carbons (Fsp3) is 0.632. The Balaban J connectivity index is 2.07. The maximum absolute atomic E-state index is 13.8. The summed E-state index contributed by atoms with van der Waals surface area (Å²) in [6.45, 7) is 0.194. The van der Waals surface area contributed by atoms with Gasteiger partial charge in [-0.2, -0.15) is 13.2 Å². The standard InChI is InChI=1S/C19H23F3O2/c20-19(21,22)16-12-7-13-24-18(16,15-10-5-2-6-11-15)17(23)14-8-3-1-4-9-14/h2,5-6,10-11,14,16H,1,3-4,7-9,12-13H2/t16-,18+/m0/s1. The molecule has 0 aromatic heterocycles. The molecule has 1 aliphatic carbocycles. The van der Waals surface area contributed by atoms with E-state index in [9.17, 15) is 18.0 Å². The highest BCUT2D eigenvalue weighted by atomic mass is 19.4. The molecular formula is C19H23F3O2. The number of hydrogen-bond donors (Lipinski definition) is 0. The first-order chi connectivity index (χ1) is 11.5. The Morgan fingerprint density at radius 2 is 1.67 bits per heavy atom. The van der Waals surface area contributed by atoms with E-state index in [0.717, 1.165) is 19.3 Å². The summed E-state index contributed by atoms with van der Waals surface area (Å²) in [5, 5.41) is 0. The second kappa shape index (κ2) is 6.87. The third-order valence-electron chi connectivity index (χ3n) is 5.40. The minimum Gasteiger partial charge on any atom is -0.362 e. The minimum atomic E-state index is -4.46. The smallest absolute Gasteiger partial charge is 0.362 e. The quantitative estimate of drug-likeness (QED) is 0.772. The number of Topliss-reactive ketones (excluding diaryl/α,β-unsaturated/α-hetero) is 1. The number of carbonyl (C=O) groups is 1. The van der Waals surface area contributed by atoms with Gasteiger partial charge in [0.1, 0.15) is 0 Å². The fourth-order valence-electron chi connectivity index (χ4n) is 4.24. The average molecular weight is 340 g/mol. The largest absolute Gasteiger partial charge is 0.395 e. The molecule has 1 heterocycles. The summed E-state index contributed by atoms with van der Waals surface area (Å²) < 4.78 is 47.2. The molecule has 132 valence electrons. The van der Waals surface area contributed by atoms with Crippen molar-refractivity contribution in [3.8, 4) is 0 Å². The summed E-state index contributed by atoms with van der Waals surface area (Å²) in [6.07, 6.45) is -0.00153. The molecule has 1 aliphatic heterocycles. The summed E-state index contributed by atoms with van der Waals surface area (Å²) in [6, 6.07) is 8.30. The highest BCUT2D eigenvalue weighted by Gasteiger charge is 2.61. The number of ether oxygens (including phenoxy) is 1.